The molecule has 0 spiro atoms. The van der Waals surface area contributed by atoms with Gasteiger partial charge >= 0.3 is 6.09 Å². The molecule has 1 rings (SSSR count). The fraction of sp³-hybridized carbons (Fsp3) is 0.438. The highest BCUT2D eigenvalue weighted by Crippen LogP contribution is 2.18. The van der Waals surface area contributed by atoms with Gasteiger partial charge in [0.25, 0.3) is 0 Å². The Kier molecular flexibility index (Phi) is 6.15. The van der Waals surface area contributed by atoms with E-state index in [1.54, 1.807) is 23.7 Å². The van der Waals surface area contributed by atoms with E-state index < -0.39 is 5.60 Å². The van der Waals surface area contributed by atoms with E-state index in [2.05, 4.69) is 11.9 Å². The number of hydrogen-bond acceptors (Lipinski definition) is 4. The van der Waals surface area contributed by atoms with Crippen molar-refractivity contribution < 1.29 is 9.53 Å². The summed E-state index contributed by atoms with van der Waals surface area (Å²) in [6.45, 7) is 9.97. The van der Waals surface area contributed by atoms with Gasteiger partial charge in [-0.15, -0.1) is 11.8 Å². The van der Waals surface area contributed by atoms with Crippen LogP contribution in [0.2, 0.25) is 0 Å². The SMILES string of the molecule is C=C(Nc1cccc(CN(C)C(=O)OC(C)(C)C)c1)SC. The molecule has 1 amide bonds. The molecule has 116 valence electrons. The number of hydrogen-bond donors (Lipinski definition) is 1. The first-order valence-electron chi connectivity index (χ1n) is 6.74. The third-order valence-corrected chi connectivity index (χ3v) is 3.18. The number of benzene rings is 1. The van der Waals surface area contributed by atoms with Crippen molar-refractivity contribution in [2.75, 3.05) is 18.6 Å². The predicted molar refractivity (Wildman–Crippen MR) is 90.4 cm³/mol. The second kappa shape index (κ2) is 7.41. The molecule has 1 aromatic carbocycles. The smallest absolute Gasteiger partial charge is 0.410 e. The number of nitrogens with zero attached hydrogens (tertiary/aromatic N) is 1. The van der Waals surface area contributed by atoms with Crippen LogP contribution in [-0.2, 0) is 11.3 Å². The molecule has 0 unspecified atom stereocenters. The van der Waals surface area contributed by atoms with Crippen LogP contribution in [-0.4, -0.2) is 29.9 Å². The van der Waals surface area contributed by atoms with E-state index in [0.29, 0.717) is 6.54 Å². The van der Waals surface area contributed by atoms with Crippen LogP contribution >= 0.6 is 11.8 Å². The van der Waals surface area contributed by atoms with E-state index >= 15 is 0 Å². The number of rotatable bonds is 5. The summed E-state index contributed by atoms with van der Waals surface area (Å²) >= 11 is 1.56. The number of ether oxygens (including phenoxy) is 1. The Labute approximate surface area is 131 Å². The van der Waals surface area contributed by atoms with Crippen LogP contribution in [0.15, 0.2) is 35.9 Å². The maximum Gasteiger partial charge on any atom is 0.410 e. The zero-order valence-electron chi connectivity index (χ0n) is 13.4. The topological polar surface area (TPSA) is 41.6 Å². The minimum atomic E-state index is -0.481. The maximum absolute atomic E-state index is 11.9. The molecule has 0 aliphatic rings. The highest BCUT2D eigenvalue weighted by molar-refractivity contribution is 8.02. The zero-order valence-corrected chi connectivity index (χ0v) is 14.2. The van der Waals surface area contributed by atoms with Gasteiger partial charge in [0.05, 0.1) is 5.03 Å². The lowest BCUT2D eigenvalue weighted by atomic mass is 10.2. The number of nitrogens with one attached hydrogen (secondary N) is 1. The van der Waals surface area contributed by atoms with Crippen molar-refractivity contribution in [1.29, 1.82) is 0 Å². The van der Waals surface area contributed by atoms with Gasteiger partial charge in [-0.05, 0) is 44.7 Å². The molecule has 0 aromatic heterocycles. The van der Waals surface area contributed by atoms with Crippen molar-refractivity contribution in [3.8, 4) is 0 Å². The molecule has 0 saturated carbocycles. The molecule has 0 fully saturated rings. The van der Waals surface area contributed by atoms with Crippen molar-refractivity contribution in [3.63, 3.8) is 0 Å². The van der Waals surface area contributed by atoms with Crippen LogP contribution in [0.4, 0.5) is 10.5 Å². The Morgan fingerprint density at radius 2 is 2.10 bits per heavy atom. The van der Waals surface area contributed by atoms with Crippen LogP contribution in [0.5, 0.6) is 0 Å². The van der Waals surface area contributed by atoms with Gasteiger partial charge in [0.1, 0.15) is 5.60 Å². The largest absolute Gasteiger partial charge is 0.444 e. The third kappa shape index (κ3) is 6.58. The molecule has 21 heavy (non-hydrogen) atoms. The minimum absolute atomic E-state index is 0.325. The third-order valence-electron chi connectivity index (χ3n) is 2.58. The second-order valence-corrected chi connectivity index (χ2v) is 6.69. The van der Waals surface area contributed by atoms with Crippen LogP contribution in [0.25, 0.3) is 0 Å². The summed E-state index contributed by atoms with van der Waals surface area (Å²) in [7, 11) is 1.73. The molecule has 0 radical (unpaired) electrons. The normalized spacial score (nSPS) is 10.9. The van der Waals surface area contributed by atoms with Crippen LogP contribution in [0.1, 0.15) is 26.3 Å². The summed E-state index contributed by atoms with van der Waals surface area (Å²) in [4.78, 5) is 13.5. The van der Waals surface area contributed by atoms with Gasteiger partial charge in [-0.3, -0.25) is 0 Å². The first kappa shape index (κ1) is 17.4. The Balaban J connectivity index is 2.68. The number of carbonyl (C=O) groups excluding carboxylic acids is 1. The van der Waals surface area contributed by atoms with Gasteiger partial charge in [-0.25, -0.2) is 4.79 Å². The van der Waals surface area contributed by atoms with Crippen molar-refractivity contribution in [1.82, 2.24) is 4.90 Å². The van der Waals surface area contributed by atoms with Gasteiger partial charge < -0.3 is 15.0 Å². The second-order valence-electron chi connectivity index (χ2n) is 5.79. The lowest BCUT2D eigenvalue weighted by Gasteiger charge is -2.24. The summed E-state index contributed by atoms with van der Waals surface area (Å²) in [6.07, 6.45) is 1.64. The van der Waals surface area contributed by atoms with E-state index in [1.807, 2.05) is 51.3 Å². The van der Waals surface area contributed by atoms with Crippen molar-refractivity contribution in [2.24, 2.45) is 0 Å². The zero-order chi connectivity index (χ0) is 16.0. The summed E-state index contributed by atoms with van der Waals surface area (Å²) in [5.74, 6) is 0. The highest BCUT2D eigenvalue weighted by Gasteiger charge is 2.19. The van der Waals surface area contributed by atoms with E-state index in [1.165, 1.54) is 0 Å². The van der Waals surface area contributed by atoms with E-state index in [0.717, 1.165) is 16.3 Å². The van der Waals surface area contributed by atoms with Gasteiger partial charge in [0, 0.05) is 19.3 Å². The average Bonchev–Trinajstić information content (AvgIpc) is 2.37. The Morgan fingerprint density at radius 3 is 2.67 bits per heavy atom. The lowest BCUT2D eigenvalue weighted by Crippen LogP contribution is -2.33. The Morgan fingerprint density at radius 1 is 1.43 bits per heavy atom. The molecule has 0 aliphatic carbocycles. The van der Waals surface area contributed by atoms with Crippen molar-refractivity contribution in [2.45, 2.75) is 32.9 Å². The van der Waals surface area contributed by atoms with Gasteiger partial charge in [-0.2, -0.15) is 0 Å². The van der Waals surface area contributed by atoms with Crippen LogP contribution < -0.4 is 5.32 Å². The van der Waals surface area contributed by atoms with E-state index in [4.69, 9.17) is 4.74 Å². The molecule has 1 aromatic rings. The number of amides is 1. The number of anilines is 1. The van der Waals surface area contributed by atoms with E-state index in [9.17, 15) is 4.79 Å². The standard InChI is InChI=1S/C16H24N2O2S/c1-12(21-6)17-14-9-7-8-13(10-14)11-18(5)15(19)20-16(2,3)4/h7-10,17H,1,11H2,2-6H3. The molecule has 5 heteroatoms. The molecule has 4 nitrogen and oxygen atoms in total. The first-order valence-corrected chi connectivity index (χ1v) is 7.97. The summed E-state index contributed by atoms with van der Waals surface area (Å²) in [5, 5.41) is 4.09. The minimum Gasteiger partial charge on any atom is -0.444 e. The van der Waals surface area contributed by atoms with Crippen LogP contribution in [0.3, 0.4) is 0 Å². The van der Waals surface area contributed by atoms with Gasteiger partial charge in [-0.1, -0.05) is 18.7 Å². The van der Waals surface area contributed by atoms with Crippen molar-refractivity contribution >= 4 is 23.5 Å². The fourth-order valence-electron chi connectivity index (χ4n) is 1.64. The van der Waals surface area contributed by atoms with Crippen LogP contribution in [0, 0.1) is 0 Å². The number of thioether (sulfide) groups is 1. The Bertz CT molecular complexity index is 509. The summed E-state index contributed by atoms with van der Waals surface area (Å²) in [6, 6.07) is 7.91. The van der Waals surface area contributed by atoms with Crippen molar-refractivity contribution in [3.05, 3.63) is 41.4 Å². The summed E-state index contributed by atoms with van der Waals surface area (Å²) in [5.41, 5.74) is 1.51. The highest BCUT2D eigenvalue weighted by atomic mass is 32.2. The summed E-state index contributed by atoms with van der Waals surface area (Å²) < 4.78 is 5.34. The quantitative estimate of drug-likeness (QED) is 0.880. The van der Waals surface area contributed by atoms with Gasteiger partial charge in [0.15, 0.2) is 0 Å². The predicted octanol–water partition coefficient (Wildman–Crippen LogP) is 4.30. The molecule has 0 atom stereocenters. The average molecular weight is 308 g/mol. The lowest BCUT2D eigenvalue weighted by molar-refractivity contribution is 0.0285. The molecular formula is C16H24N2O2S. The first-order chi connectivity index (χ1) is 9.71. The fourth-order valence-corrected chi connectivity index (χ4v) is 1.86. The molecule has 0 aliphatic heterocycles. The molecule has 0 bridgehead atoms. The molecular weight excluding hydrogens is 284 g/mol. The van der Waals surface area contributed by atoms with Gasteiger partial charge in [0.2, 0.25) is 0 Å². The molecule has 1 N–H and O–H groups in total. The Hall–Kier alpha value is -1.62. The number of carbonyl (C=O) groups is 1. The molecule has 0 heterocycles. The van der Waals surface area contributed by atoms with E-state index in [-0.39, 0.29) is 6.09 Å². The molecule has 0 saturated heterocycles. The monoisotopic (exact) mass is 308 g/mol. The maximum atomic E-state index is 11.9.